The lowest BCUT2D eigenvalue weighted by Crippen LogP contribution is -2.25. The van der Waals surface area contributed by atoms with Crippen molar-refractivity contribution in [3.05, 3.63) is 53.9 Å². The topological polar surface area (TPSA) is 63.7 Å². The normalized spacial score (nSPS) is 11.7. The van der Waals surface area contributed by atoms with E-state index in [9.17, 15) is 4.79 Å². The molecule has 2 aromatic rings. The van der Waals surface area contributed by atoms with Crippen LogP contribution in [-0.2, 0) is 0 Å². The number of pyridine rings is 1. The number of benzene rings is 1. The molecule has 134 valence electrons. The molecule has 0 spiro atoms. The van der Waals surface area contributed by atoms with Gasteiger partial charge in [0.1, 0.15) is 11.5 Å². The van der Waals surface area contributed by atoms with Crippen LogP contribution in [0.2, 0.25) is 0 Å². The molecule has 1 aromatic carbocycles. The number of hydrogen-bond acceptors (Lipinski definition) is 5. The molecule has 1 amide bonds. The van der Waals surface area contributed by atoms with Crippen molar-refractivity contribution >= 4 is 6.09 Å². The van der Waals surface area contributed by atoms with Gasteiger partial charge in [0.25, 0.3) is 0 Å². The second-order valence-corrected chi connectivity index (χ2v) is 5.95. The molecule has 2 rings (SSSR count). The molecule has 25 heavy (non-hydrogen) atoms. The van der Waals surface area contributed by atoms with E-state index in [1.54, 1.807) is 32.4 Å². The van der Waals surface area contributed by atoms with Crippen LogP contribution in [0.3, 0.4) is 0 Å². The maximum Gasteiger partial charge on any atom is 0.414 e. The van der Waals surface area contributed by atoms with Gasteiger partial charge in [0.2, 0.25) is 0 Å². The Kier molecular flexibility index (Phi) is 6.77. The Bertz CT molecular complexity index is 669. The highest BCUT2D eigenvalue weighted by atomic mass is 16.6. The zero-order chi connectivity index (χ0) is 18.2. The van der Waals surface area contributed by atoms with Gasteiger partial charge in [0, 0.05) is 32.3 Å². The smallest absolute Gasteiger partial charge is 0.414 e. The number of rotatable bonds is 7. The minimum absolute atomic E-state index is 0.150. The number of aromatic nitrogens is 1. The fraction of sp³-hybridized carbons (Fsp3) is 0.368. The SMILES string of the molecule is CNC(CCOc1ccc(C)nc1)c1ccc(OC(=O)N(C)C)cc1. The molecule has 0 fully saturated rings. The largest absolute Gasteiger partial charge is 0.492 e. The third kappa shape index (κ3) is 5.76. The highest BCUT2D eigenvalue weighted by Crippen LogP contribution is 2.21. The first-order valence-corrected chi connectivity index (χ1v) is 8.21. The third-order valence-electron chi connectivity index (χ3n) is 3.76. The Morgan fingerprint density at radius 1 is 1.16 bits per heavy atom. The standard InChI is InChI=1S/C19H25N3O3/c1-14-5-8-17(13-21-14)24-12-11-18(20-2)15-6-9-16(10-7-15)25-19(23)22(3)4/h5-10,13,18,20H,11-12H2,1-4H3. The number of carbonyl (C=O) groups excluding carboxylic acids is 1. The molecule has 1 atom stereocenters. The maximum absolute atomic E-state index is 11.6. The summed E-state index contributed by atoms with van der Waals surface area (Å²) in [5, 5.41) is 3.28. The molecule has 1 heterocycles. The molecule has 0 saturated carbocycles. The quantitative estimate of drug-likeness (QED) is 0.836. The van der Waals surface area contributed by atoms with E-state index < -0.39 is 6.09 Å². The molecular weight excluding hydrogens is 318 g/mol. The molecule has 6 heteroatoms. The lowest BCUT2D eigenvalue weighted by Gasteiger charge is -2.18. The van der Waals surface area contributed by atoms with Gasteiger partial charge in [-0.25, -0.2) is 4.79 Å². The summed E-state index contributed by atoms with van der Waals surface area (Å²) in [7, 11) is 5.21. The zero-order valence-corrected chi connectivity index (χ0v) is 15.2. The summed E-state index contributed by atoms with van der Waals surface area (Å²) in [6, 6.07) is 11.5. The molecule has 0 saturated heterocycles. The van der Waals surface area contributed by atoms with Crippen molar-refractivity contribution in [2.24, 2.45) is 0 Å². The van der Waals surface area contributed by atoms with E-state index in [1.165, 1.54) is 4.90 Å². The van der Waals surface area contributed by atoms with E-state index in [1.807, 2.05) is 38.2 Å². The number of nitrogens with zero attached hydrogens (tertiary/aromatic N) is 2. The van der Waals surface area contributed by atoms with Gasteiger partial charge in [-0.2, -0.15) is 0 Å². The van der Waals surface area contributed by atoms with Gasteiger partial charge in [-0.1, -0.05) is 12.1 Å². The number of ether oxygens (including phenoxy) is 2. The highest BCUT2D eigenvalue weighted by molar-refractivity contribution is 5.69. The fourth-order valence-electron chi connectivity index (χ4n) is 2.27. The van der Waals surface area contributed by atoms with Crippen LogP contribution in [0.15, 0.2) is 42.6 Å². The molecule has 1 unspecified atom stereocenters. The summed E-state index contributed by atoms with van der Waals surface area (Å²) in [4.78, 5) is 17.2. The Morgan fingerprint density at radius 3 is 2.40 bits per heavy atom. The third-order valence-corrected chi connectivity index (χ3v) is 3.76. The summed E-state index contributed by atoms with van der Waals surface area (Å²) < 4.78 is 11.0. The summed E-state index contributed by atoms with van der Waals surface area (Å²) in [5.41, 5.74) is 2.08. The monoisotopic (exact) mass is 343 g/mol. The minimum Gasteiger partial charge on any atom is -0.492 e. The molecule has 1 N–H and O–H groups in total. The van der Waals surface area contributed by atoms with Crippen molar-refractivity contribution in [1.29, 1.82) is 0 Å². The summed E-state index contributed by atoms with van der Waals surface area (Å²) in [5.74, 6) is 1.30. The highest BCUT2D eigenvalue weighted by Gasteiger charge is 2.11. The van der Waals surface area contributed by atoms with Crippen LogP contribution in [0.25, 0.3) is 0 Å². The second kappa shape index (κ2) is 9.03. The van der Waals surface area contributed by atoms with Crippen molar-refractivity contribution < 1.29 is 14.3 Å². The van der Waals surface area contributed by atoms with Crippen LogP contribution in [0.4, 0.5) is 4.79 Å². The number of carbonyl (C=O) groups is 1. The molecule has 6 nitrogen and oxygen atoms in total. The van der Waals surface area contributed by atoms with Gasteiger partial charge in [-0.15, -0.1) is 0 Å². The van der Waals surface area contributed by atoms with Crippen LogP contribution in [0.5, 0.6) is 11.5 Å². The molecule has 1 aromatic heterocycles. The predicted molar refractivity (Wildman–Crippen MR) is 97.0 cm³/mol. The Balaban J connectivity index is 1.89. The van der Waals surface area contributed by atoms with E-state index in [-0.39, 0.29) is 6.04 Å². The van der Waals surface area contributed by atoms with Crippen molar-refractivity contribution in [2.45, 2.75) is 19.4 Å². The van der Waals surface area contributed by atoms with Crippen LogP contribution in [0.1, 0.15) is 23.7 Å². The van der Waals surface area contributed by atoms with Gasteiger partial charge in [-0.05, 0) is 43.8 Å². The molecular formula is C19H25N3O3. The van der Waals surface area contributed by atoms with Crippen LogP contribution in [-0.4, -0.2) is 43.7 Å². The average Bonchev–Trinajstić information content (AvgIpc) is 2.61. The molecule has 0 radical (unpaired) electrons. The Labute approximate surface area is 148 Å². The molecule has 0 aliphatic carbocycles. The van der Waals surface area contributed by atoms with Gasteiger partial charge in [0.05, 0.1) is 12.8 Å². The van der Waals surface area contributed by atoms with Gasteiger partial charge < -0.3 is 19.7 Å². The first-order valence-electron chi connectivity index (χ1n) is 8.21. The number of amides is 1. The molecule has 0 aliphatic rings. The lowest BCUT2D eigenvalue weighted by atomic mass is 10.0. The van der Waals surface area contributed by atoms with Gasteiger partial charge in [-0.3, -0.25) is 4.98 Å². The van der Waals surface area contributed by atoms with Crippen LogP contribution < -0.4 is 14.8 Å². The van der Waals surface area contributed by atoms with Crippen LogP contribution in [0, 0.1) is 6.92 Å². The number of nitrogens with one attached hydrogen (secondary N) is 1. The number of aryl methyl sites for hydroxylation is 1. The zero-order valence-electron chi connectivity index (χ0n) is 15.2. The van der Waals surface area contributed by atoms with E-state index >= 15 is 0 Å². The summed E-state index contributed by atoms with van der Waals surface area (Å²) in [6.07, 6.45) is 2.15. The Morgan fingerprint density at radius 2 is 1.84 bits per heavy atom. The first kappa shape index (κ1) is 18.7. The van der Waals surface area contributed by atoms with E-state index in [0.29, 0.717) is 12.4 Å². The summed E-state index contributed by atoms with van der Waals surface area (Å²) >= 11 is 0. The fourth-order valence-corrected chi connectivity index (χ4v) is 2.27. The maximum atomic E-state index is 11.6. The van der Waals surface area contributed by atoms with Crippen molar-refractivity contribution in [3.8, 4) is 11.5 Å². The number of hydrogen-bond donors (Lipinski definition) is 1. The van der Waals surface area contributed by atoms with Crippen molar-refractivity contribution in [1.82, 2.24) is 15.2 Å². The summed E-state index contributed by atoms with van der Waals surface area (Å²) in [6.45, 7) is 2.52. The minimum atomic E-state index is -0.391. The first-order chi connectivity index (χ1) is 12.0. The lowest BCUT2D eigenvalue weighted by molar-refractivity contribution is 0.172. The van der Waals surface area contributed by atoms with Gasteiger partial charge >= 0.3 is 6.09 Å². The van der Waals surface area contributed by atoms with Gasteiger partial charge in [0.15, 0.2) is 0 Å². The van der Waals surface area contributed by atoms with E-state index in [2.05, 4.69) is 10.3 Å². The van der Waals surface area contributed by atoms with E-state index in [4.69, 9.17) is 9.47 Å². The molecule has 0 aliphatic heterocycles. The van der Waals surface area contributed by atoms with Crippen LogP contribution >= 0.6 is 0 Å². The second-order valence-electron chi connectivity index (χ2n) is 5.95. The van der Waals surface area contributed by atoms with E-state index in [0.717, 1.165) is 23.4 Å². The Hall–Kier alpha value is -2.60. The van der Waals surface area contributed by atoms with Crippen molar-refractivity contribution in [3.63, 3.8) is 0 Å². The molecule has 0 bridgehead atoms. The predicted octanol–water partition coefficient (Wildman–Crippen LogP) is 3.18. The average molecular weight is 343 g/mol. The van der Waals surface area contributed by atoms with Crippen molar-refractivity contribution in [2.75, 3.05) is 27.7 Å².